The van der Waals surface area contributed by atoms with Crippen molar-refractivity contribution in [1.82, 2.24) is 0 Å². The van der Waals surface area contributed by atoms with E-state index in [1.165, 1.54) is 6.07 Å². The highest BCUT2D eigenvalue weighted by molar-refractivity contribution is 7.89. The van der Waals surface area contributed by atoms with E-state index in [0.717, 1.165) is 5.56 Å². The molecule has 4 nitrogen and oxygen atoms in total. The minimum absolute atomic E-state index is 0.102. The molecule has 2 aromatic carbocycles. The van der Waals surface area contributed by atoms with Gasteiger partial charge >= 0.3 is 0 Å². The van der Waals surface area contributed by atoms with Gasteiger partial charge in [0.05, 0.1) is 14.9 Å². The fourth-order valence-corrected chi connectivity index (χ4v) is 3.18. The minimum Gasteiger partial charge on any atom is -0.381 e. The van der Waals surface area contributed by atoms with E-state index in [0.29, 0.717) is 27.8 Å². The Morgan fingerprint density at radius 3 is 2.48 bits per heavy atom. The zero-order chi connectivity index (χ0) is 15.6. The smallest absolute Gasteiger partial charge is 0.238 e. The summed E-state index contributed by atoms with van der Waals surface area (Å²) in [7, 11) is -3.74. The second-order valence-corrected chi connectivity index (χ2v) is 6.86. The quantitative estimate of drug-likeness (QED) is 0.890. The predicted molar refractivity (Wildman–Crippen MR) is 86.3 cm³/mol. The lowest BCUT2D eigenvalue weighted by Crippen LogP contribution is -2.14. The normalized spacial score (nSPS) is 11.4. The summed E-state index contributed by atoms with van der Waals surface area (Å²) in [6.45, 7) is 2.12. The largest absolute Gasteiger partial charge is 0.381 e. The van der Waals surface area contributed by atoms with Crippen LogP contribution in [0.15, 0.2) is 41.3 Å². The third kappa shape index (κ3) is 3.68. The predicted octanol–water partition coefficient (Wildman–Crippen LogP) is 3.56. The van der Waals surface area contributed by atoms with E-state index in [9.17, 15) is 8.42 Å². The minimum atomic E-state index is -3.74. The Morgan fingerprint density at radius 1 is 1.14 bits per heavy atom. The Morgan fingerprint density at radius 2 is 1.81 bits per heavy atom. The van der Waals surface area contributed by atoms with Crippen molar-refractivity contribution >= 4 is 38.9 Å². The van der Waals surface area contributed by atoms with Crippen LogP contribution in [0.3, 0.4) is 0 Å². The molecule has 0 unspecified atom stereocenters. The van der Waals surface area contributed by atoms with Gasteiger partial charge in [-0.15, -0.1) is 0 Å². The molecule has 0 aliphatic rings. The summed E-state index contributed by atoms with van der Waals surface area (Å²) < 4.78 is 23.0. The van der Waals surface area contributed by atoms with Crippen LogP contribution in [0.4, 0.5) is 5.69 Å². The molecule has 0 saturated carbocycles. The van der Waals surface area contributed by atoms with Crippen molar-refractivity contribution in [2.45, 2.75) is 18.4 Å². The Labute approximate surface area is 133 Å². The molecule has 0 atom stereocenters. The molecule has 0 heterocycles. The molecule has 0 radical (unpaired) electrons. The van der Waals surface area contributed by atoms with Crippen molar-refractivity contribution in [1.29, 1.82) is 0 Å². The van der Waals surface area contributed by atoms with Gasteiger partial charge in [-0.3, -0.25) is 0 Å². The van der Waals surface area contributed by atoms with Crippen LogP contribution in [-0.2, 0) is 16.6 Å². The van der Waals surface area contributed by atoms with Crippen LogP contribution in [0.5, 0.6) is 0 Å². The molecule has 0 aromatic heterocycles. The first-order chi connectivity index (χ1) is 9.80. The van der Waals surface area contributed by atoms with Crippen molar-refractivity contribution in [3.8, 4) is 0 Å². The number of nitrogens with two attached hydrogens (primary N) is 1. The summed E-state index contributed by atoms with van der Waals surface area (Å²) in [5, 5.41) is 9.29. The van der Waals surface area contributed by atoms with Crippen molar-refractivity contribution in [3.63, 3.8) is 0 Å². The Bertz CT molecular complexity index is 777. The number of hydrogen-bond acceptors (Lipinski definition) is 3. The molecule has 0 spiro atoms. The molecule has 0 saturated heterocycles. The van der Waals surface area contributed by atoms with Crippen LogP contribution in [-0.4, -0.2) is 8.42 Å². The van der Waals surface area contributed by atoms with E-state index in [2.05, 4.69) is 5.32 Å². The number of rotatable bonds is 4. The third-order valence-corrected chi connectivity index (χ3v) is 5.00. The van der Waals surface area contributed by atoms with Gasteiger partial charge in [0.25, 0.3) is 0 Å². The molecular weight excluding hydrogens is 331 g/mol. The number of halogens is 2. The van der Waals surface area contributed by atoms with Crippen LogP contribution >= 0.6 is 23.2 Å². The van der Waals surface area contributed by atoms with E-state index >= 15 is 0 Å². The SMILES string of the molecule is Cc1c(NCc2cccc(Cl)c2Cl)cccc1S(N)(=O)=O. The average molecular weight is 345 g/mol. The number of sulfonamides is 1. The number of anilines is 1. The van der Waals surface area contributed by atoms with E-state index in [1.54, 1.807) is 31.2 Å². The van der Waals surface area contributed by atoms with Gasteiger partial charge < -0.3 is 5.32 Å². The average Bonchev–Trinajstić information content (AvgIpc) is 2.40. The summed E-state index contributed by atoms with van der Waals surface area (Å²) >= 11 is 12.1. The highest BCUT2D eigenvalue weighted by atomic mass is 35.5. The highest BCUT2D eigenvalue weighted by Crippen LogP contribution is 2.27. The molecule has 0 bridgehead atoms. The second kappa shape index (κ2) is 6.23. The topological polar surface area (TPSA) is 72.2 Å². The number of primary sulfonamides is 1. The maximum absolute atomic E-state index is 11.5. The van der Waals surface area contributed by atoms with Crippen LogP contribution in [0.2, 0.25) is 10.0 Å². The van der Waals surface area contributed by atoms with Crippen LogP contribution in [0.25, 0.3) is 0 Å². The van der Waals surface area contributed by atoms with Gasteiger partial charge in [-0.25, -0.2) is 13.6 Å². The van der Waals surface area contributed by atoms with Crippen molar-refractivity contribution < 1.29 is 8.42 Å². The van der Waals surface area contributed by atoms with E-state index in [4.69, 9.17) is 28.3 Å². The maximum Gasteiger partial charge on any atom is 0.238 e. The van der Waals surface area contributed by atoms with Gasteiger partial charge in [0.1, 0.15) is 0 Å². The van der Waals surface area contributed by atoms with Crippen molar-refractivity contribution in [3.05, 3.63) is 57.6 Å². The van der Waals surface area contributed by atoms with Gasteiger partial charge in [0, 0.05) is 12.2 Å². The number of nitrogens with one attached hydrogen (secondary N) is 1. The molecule has 0 fully saturated rings. The standard InChI is InChI=1S/C14H14Cl2N2O2S/c1-9-12(6-3-7-13(9)21(17,19)20)18-8-10-4-2-5-11(15)14(10)16/h2-7,18H,8H2,1H3,(H2,17,19,20). The molecule has 2 rings (SSSR count). The molecule has 0 amide bonds. The van der Waals surface area contributed by atoms with Crippen molar-refractivity contribution in [2.24, 2.45) is 5.14 Å². The first-order valence-corrected chi connectivity index (χ1v) is 8.40. The third-order valence-electron chi connectivity index (χ3n) is 3.09. The van der Waals surface area contributed by atoms with E-state index in [1.807, 2.05) is 6.07 Å². The summed E-state index contributed by atoms with van der Waals surface area (Å²) in [5.74, 6) is 0. The lowest BCUT2D eigenvalue weighted by Gasteiger charge is -2.13. The van der Waals surface area contributed by atoms with Gasteiger partial charge in [0.15, 0.2) is 0 Å². The molecule has 7 heteroatoms. The van der Waals surface area contributed by atoms with Gasteiger partial charge in [-0.05, 0) is 36.2 Å². The molecular formula is C14H14Cl2N2O2S. The number of hydrogen-bond donors (Lipinski definition) is 2. The fraction of sp³-hybridized carbons (Fsp3) is 0.143. The van der Waals surface area contributed by atoms with Crippen LogP contribution in [0.1, 0.15) is 11.1 Å². The van der Waals surface area contributed by atoms with E-state index in [-0.39, 0.29) is 4.90 Å². The molecule has 21 heavy (non-hydrogen) atoms. The summed E-state index contributed by atoms with van der Waals surface area (Å²) in [6.07, 6.45) is 0. The summed E-state index contributed by atoms with van der Waals surface area (Å²) in [5.41, 5.74) is 2.07. The lowest BCUT2D eigenvalue weighted by atomic mass is 10.1. The molecule has 3 N–H and O–H groups in total. The van der Waals surface area contributed by atoms with Crippen LogP contribution < -0.4 is 10.5 Å². The Hall–Kier alpha value is -1.27. The van der Waals surface area contributed by atoms with Gasteiger partial charge in [0.2, 0.25) is 10.0 Å². The molecule has 0 aliphatic heterocycles. The number of benzene rings is 2. The zero-order valence-electron chi connectivity index (χ0n) is 11.2. The lowest BCUT2D eigenvalue weighted by molar-refractivity contribution is 0.597. The Balaban J connectivity index is 2.27. The molecule has 0 aliphatic carbocycles. The monoisotopic (exact) mass is 344 g/mol. The fourth-order valence-electron chi connectivity index (χ4n) is 1.99. The molecule has 2 aromatic rings. The van der Waals surface area contributed by atoms with E-state index < -0.39 is 10.0 Å². The highest BCUT2D eigenvalue weighted by Gasteiger charge is 2.14. The van der Waals surface area contributed by atoms with Crippen LogP contribution in [0, 0.1) is 6.92 Å². The Kier molecular flexibility index (Phi) is 4.78. The first-order valence-electron chi connectivity index (χ1n) is 6.10. The summed E-state index contributed by atoms with van der Waals surface area (Å²) in [4.78, 5) is 0.102. The molecule has 112 valence electrons. The van der Waals surface area contributed by atoms with Gasteiger partial charge in [-0.1, -0.05) is 41.4 Å². The zero-order valence-corrected chi connectivity index (χ0v) is 13.6. The maximum atomic E-state index is 11.5. The van der Waals surface area contributed by atoms with Gasteiger partial charge in [-0.2, -0.15) is 0 Å². The first kappa shape index (κ1) is 16.1. The summed E-state index contributed by atoms with van der Waals surface area (Å²) in [6, 6.07) is 10.2. The van der Waals surface area contributed by atoms with Crippen molar-refractivity contribution in [2.75, 3.05) is 5.32 Å². The second-order valence-electron chi connectivity index (χ2n) is 4.54.